The molecule has 1 aromatic carbocycles. The van der Waals surface area contributed by atoms with E-state index in [0.717, 1.165) is 17.1 Å². The number of hydrogen-bond donors (Lipinski definition) is 1. The van der Waals surface area contributed by atoms with Crippen molar-refractivity contribution in [3.05, 3.63) is 52.8 Å². The number of nitrogens with one attached hydrogen (secondary N) is 1. The molecule has 92 valence electrons. The summed E-state index contributed by atoms with van der Waals surface area (Å²) in [5.74, 6) is 0. The summed E-state index contributed by atoms with van der Waals surface area (Å²) >= 11 is 3.45. The third-order valence-electron chi connectivity index (χ3n) is 3.14. The molecule has 18 heavy (non-hydrogen) atoms. The molecule has 2 nitrogen and oxygen atoms in total. The first-order valence-corrected chi connectivity index (χ1v) is 7.04. The van der Waals surface area contributed by atoms with Crippen molar-refractivity contribution in [3.63, 3.8) is 0 Å². The number of rotatable bonds is 4. The van der Waals surface area contributed by atoms with Crippen LogP contribution < -0.4 is 5.32 Å². The Bertz CT molecular complexity index is 532. The molecule has 2 aromatic rings. The van der Waals surface area contributed by atoms with Gasteiger partial charge in [0.15, 0.2) is 0 Å². The van der Waals surface area contributed by atoms with Crippen molar-refractivity contribution in [3.8, 4) is 11.1 Å². The smallest absolute Gasteiger partial charge is 0.0346 e. The second-order valence-corrected chi connectivity index (χ2v) is 5.66. The molecule has 0 spiro atoms. The van der Waals surface area contributed by atoms with Gasteiger partial charge in [0, 0.05) is 35.0 Å². The average Bonchev–Trinajstić information content (AvgIpc) is 3.22. The SMILES string of the molecule is Brc1ccc(-c2cncc(CNC3CC3)c2)cc1. The highest BCUT2D eigenvalue weighted by atomic mass is 79.9. The quantitative estimate of drug-likeness (QED) is 0.930. The highest BCUT2D eigenvalue weighted by Gasteiger charge is 2.19. The van der Waals surface area contributed by atoms with Gasteiger partial charge in [0.25, 0.3) is 0 Å². The van der Waals surface area contributed by atoms with Crippen LogP contribution in [0.2, 0.25) is 0 Å². The normalized spacial score (nSPS) is 14.7. The topological polar surface area (TPSA) is 24.9 Å². The van der Waals surface area contributed by atoms with Gasteiger partial charge in [0.2, 0.25) is 0 Å². The third-order valence-corrected chi connectivity index (χ3v) is 3.67. The Morgan fingerprint density at radius 1 is 1.11 bits per heavy atom. The molecule has 0 amide bonds. The summed E-state index contributed by atoms with van der Waals surface area (Å²) in [5.41, 5.74) is 3.64. The van der Waals surface area contributed by atoms with Crippen molar-refractivity contribution >= 4 is 15.9 Å². The summed E-state index contributed by atoms with van der Waals surface area (Å²) in [7, 11) is 0. The fraction of sp³-hybridized carbons (Fsp3) is 0.267. The molecule has 0 atom stereocenters. The number of pyridine rings is 1. The third kappa shape index (κ3) is 2.98. The van der Waals surface area contributed by atoms with Crippen LogP contribution in [0.1, 0.15) is 18.4 Å². The maximum absolute atomic E-state index is 4.33. The van der Waals surface area contributed by atoms with E-state index in [2.05, 4.69) is 56.6 Å². The van der Waals surface area contributed by atoms with E-state index in [-0.39, 0.29) is 0 Å². The van der Waals surface area contributed by atoms with E-state index in [1.165, 1.54) is 29.5 Å². The lowest BCUT2D eigenvalue weighted by Crippen LogP contribution is -2.15. The van der Waals surface area contributed by atoms with Crippen molar-refractivity contribution in [2.45, 2.75) is 25.4 Å². The summed E-state index contributed by atoms with van der Waals surface area (Å²) in [6.07, 6.45) is 6.50. The molecular formula is C15H15BrN2. The van der Waals surface area contributed by atoms with Gasteiger partial charge in [-0.05, 0) is 42.2 Å². The highest BCUT2D eigenvalue weighted by molar-refractivity contribution is 9.10. The molecule has 0 unspecified atom stereocenters. The van der Waals surface area contributed by atoms with E-state index >= 15 is 0 Å². The molecule has 1 N–H and O–H groups in total. The molecule has 1 heterocycles. The summed E-state index contributed by atoms with van der Waals surface area (Å²) < 4.78 is 1.10. The average molecular weight is 303 g/mol. The highest BCUT2D eigenvalue weighted by Crippen LogP contribution is 2.23. The van der Waals surface area contributed by atoms with E-state index in [1.807, 2.05) is 12.4 Å². The van der Waals surface area contributed by atoms with Crippen LogP contribution in [-0.4, -0.2) is 11.0 Å². The van der Waals surface area contributed by atoms with Crippen molar-refractivity contribution < 1.29 is 0 Å². The molecule has 1 aromatic heterocycles. The lowest BCUT2D eigenvalue weighted by molar-refractivity contribution is 0.686. The second-order valence-electron chi connectivity index (χ2n) is 4.74. The number of halogens is 1. The van der Waals surface area contributed by atoms with Crippen molar-refractivity contribution in [2.75, 3.05) is 0 Å². The van der Waals surface area contributed by atoms with Crippen LogP contribution in [-0.2, 0) is 6.54 Å². The predicted molar refractivity (Wildman–Crippen MR) is 77.2 cm³/mol. The fourth-order valence-corrected chi connectivity index (χ4v) is 2.20. The van der Waals surface area contributed by atoms with Gasteiger partial charge >= 0.3 is 0 Å². The standard InChI is InChI=1S/C15H15BrN2/c16-14-3-1-12(2-4-14)13-7-11(8-17-10-13)9-18-15-5-6-15/h1-4,7-8,10,15,18H,5-6,9H2. The van der Waals surface area contributed by atoms with Crippen LogP contribution in [0, 0.1) is 0 Å². The summed E-state index contributed by atoms with van der Waals surface area (Å²) in [6, 6.07) is 11.3. The molecule has 1 aliphatic rings. The molecule has 3 heteroatoms. The monoisotopic (exact) mass is 302 g/mol. The van der Waals surface area contributed by atoms with Crippen molar-refractivity contribution in [1.82, 2.24) is 10.3 Å². The van der Waals surface area contributed by atoms with E-state index in [0.29, 0.717) is 0 Å². The zero-order valence-corrected chi connectivity index (χ0v) is 11.7. The van der Waals surface area contributed by atoms with Gasteiger partial charge in [-0.15, -0.1) is 0 Å². The second kappa shape index (κ2) is 5.21. The van der Waals surface area contributed by atoms with E-state index in [1.54, 1.807) is 0 Å². The van der Waals surface area contributed by atoms with Crippen LogP contribution in [0.25, 0.3) is 11.1 Å². The first kappa shape index (κ1) is 11.9. The maximum atomic E-state index is 4.33. The minimum Gasteiger partial charge on any atom is -0.310 e. The Balaban J connectivity index is 1.78. The first-order chi connectivity index (χ1) is 8.81. The first-order valence-electron chi connectivity index (χ1n) is 6.24. The Morgan fingerprint density at radius 3 is 2.61 bits per heavy atom. The molecule has 0 bridgehead atoms. The molecule has 0 radical (unpaired) electrons. The Hall–Kier alpha value is -1.19. The van der Waals surface area contributed by atoms with Gasteiger partial charge in [-0.2, -0.15) is 0 Å². The van der Waals surface area contributed by atoms with Crippen LogP contribution in [0.15, 0.2) is 47.2 Å². The van der Waals surface area contributed by atoms with Crippen molar-refractivity contribution in [2.24, 2.45) is 0 Å². The van der Waals surface area contributed by atoms with E-state index < -0.39 is 0 Å². The number of nitrogens with zero attached hydrogens (tertiary/aromatic N) is 1. The lowest BCUT2D eigenvalue weighted by atomic mass is 10.1. The molecule has 0 saturated heterocycles. The minimum atomic E-state index is 0.737. The molecule has 1 fully saturated rings. The lowest BCUT2D eigenvalue weighted by Gasteiger charge is -2.06. The largest absolute Gasteiger partial charge is 0.310 e. The van der Waals surface area contributed by atoms with E-state index in [4.69, 9.17) is 0 Å². The summed E-state index contributed by atoms with van der Waals surface area (Å²) in [6.45, 7) is 0.919. The summed E-state index contributed by atoms with van der Waals surface area (Å²) in [4.78, 5) is 4.33. The molecule has 1 saturated carbocycles. The fourth-order valence-electron chi connectivity index (χ4n) is 1.93. The Kier molecular flexibility index (Phi) is 3.43. The number of benzene rings is 1. The maximum Gasteiger partial charge on any atom is 0.0346 e. The molecule has 0 aliphatic heterocycles. The molecule has 1 aliphatic carbocycles. The Labute approximate surface area is 116 Å². The number of hydrogen-bond acceptors (Lipinski definition) is 2. The zero-order chi connectivity index (χ0) is 12.4. The van der Waals surface area contributed by atoms with Crippen LogP contribution in [0.3, 0.4) is 0 Å². The van der Waals surface area contributed by atoms with Crippen LogP contribution in [0.4, 0.5) is 0 Å². The van der Waals surface area contributed by atoms with Crippen LogP contribution >= 0.6 is 15.9 Å². The summed E-state index contributed by atoms with van der Waals surface area (Å²) in [5, 5.41) is 3.51. The van der Waals surface area contributed by atoms with E-state index in [9.17, 15) is 0 Å². The van der Waals surface area contributed by atoms with Crippen LogP contribution in [0.5, 0.6) is 0 Å². The Morgan fingerprint density at radius 2 is 1.89 bits per heavy atom. The zero-order valence-electron chi connectivity index (χ0n) is 10.1. The van der Waals surface area contributed by atoms with Gasteiger partial charge in [0.1, 0.15) is 0 Å². The molecule has 3 rings (SSSR count). The van der Waals surface area contributed by atoms with Gasteiger partial charge in [0.05, 0.1) is 0 Å². The number of aromatic nitrogens is 1. The molecular weight excluding hydrogens is 288 g/mol. The van der Waals surface area contributed by atoms with Gasteiger partial charge in [-0.3, -0.25) is 4.98 Å². The predicted octanol–water partition coefficient (Wildman–Crippen LogP) is 3.76. The van der Waals surface area contributed by atoms with Gasteiger partial charge in [-0.1, -0.05) is 28.1 Å². The van der Waals surface area contributed by atoms with Crippen molar-refractivity contribution in [1.29, 1.82) is 0 Å². The van der Waals surface area contributed by atoms with Gasteiger partial charge < -0.3 is 5.32 Å². The van der Waals surface area contributed by atoms with Gasteiger partial charge in [-0.25, -0.2) is 0 Å². The minimum absolute atomic E-state index is 0.737.